The monoisotopic (exact) mass is 355 g/mol. The van der Waals surface area contributed by atoms with E-state index in [0.717, 1.165) is 9.37 Å². The maximum Gasteiger partial charge on any atom is 0.408 e. The fraction of sp³-hybridized carbons (Fsp3) is 0.357. The van der Waals surface area contributed by atoms with Gasteiger partial charge in [0.1, 0.15) is 0 Å². The number of nitrogens with zero attached hydrogens (tertiary/aromatic N) is 1. The number of likely N-dealkylation sites (tertiary alicyclic amines) is 1. The van der Waals surface area contributed by atoms with Crippen LogP contribution in [0.15, 0.2) is 28.7 Å². The molecule has 1 aliphatic rings. The quantitative estimate of drug-likeness (QED) is 0.809. The van der Waals surface area contributed by atoms with Gasteiger partial charge >= 0.3 is 12.1 Å². The summed E-state index contributed by atoms with van der Waals surface area (Å²) in [5, 5.41) is 18.6. The van der Waals surface area contributed by atoms with Crippen molar-refractivity contribution < 1.29 is 24.6 Å². The molecule has 1 atom stereocenters. The Morgan fingerprint density at radius 1 is 1.19 bits per heavy atom. The zero-order valence-electron chi connectivity index (χ0n) is 11.1. The molecule has 1 fully saturated rings. The average molecular weight is 356 g/mol. The van der Waals surface area contributed by atoms with Gasteiger partial charge < -0.3 is 10.2 Å². The van der Waals surface area contributed by atoms with Crippen molar-refractivity contribution in [3.8, 4) is 0 Å². The highest BCUT2D eigenvalue weighted by molar-refractivity contribution is 9.10. The van der Waals surface area contributed by atoms with E-state index < -0.39 is 17.6 Å². The average Bonchev–Trinajstić information content (AvgIpc) is 2.84. The third-order valence-corrected chi connectivity index (χ3v) is 4.27. The van der Waals surface area contributed by atoms with E-state index in [4.69, 9.17) is 5.11 Å². The van der Waals surface area contributed by atoms with Crippen LogP contribution in [0.4, 0.5) is 4.79 Å². The second-order valence-electron chi connectivity index (χ2n) is 4.98. The van der Waals surface area contributed by atoms with Crippen molar-refractivity contribution in [2.45, 2.75) is 24.8 Å². The van der Waals surface area contributed by atoms with Crippen LogP contribution in [0.3, 0.4) is 0 Å². The summed E-state index contributed by atoms with van der Waals surface area (Å²) < 4.78 is 0.806. The Morgan fingerprint density at radius 3 is 2.33 bits per heavy atom. The number of carboxylic acid groups (broad SMARTS) is 2. The molecule has 1 aromatic rings. The third kappa shape index (κ3) is 2.92. The number of halogens is 1. The van der Waals surface area contributed by atoms with Crippen molar-refractivity contribution >= 4 is 33.8 Å². The number of benzene rings is 1. The summed E-state index contributed by atoms with van der Waals surface area (Å²) in [6, 6.07) is 6.54. The molecule has 0 spiro atoms. The standard InChI is InChI=1S/C14H14BrNO5/c15-10-4-2-9(3-5-10)11(17)8-14(12(18)19)6-1-7-16(14)13(20)21/h2-5H,1,6-8H2,(H,18,19)(H,20,21)/t14-/m0/s1. The number of aliphatic carboxylic acids is 1. The molecule has 0 aliphatic carbocycles. The number of carbonyl (C=O) groups excluding carboxylic acids is 1. The number of amides is 1. The maximum atomic E-state index is 12.3. The Hall–Kier alpha value is -1.89. The van der Waals surface area contributed by atoms with Crippen LogP contribution in [0.1, 0.15) is 29.6 Å². The lowest BCUT2D eigenvalue weighted by molar-refractivity contribution is -0.148. The van der Waals surface area contributed by atoms with Gasteiger partial charge in [0.25, 0.3) is 0 Å². The highest BCUT2D eigenvalue weighted by atomic mass is 79.9. The van der Waals surface area contributed by atoms with E-state index >= 15 is 0 Å². The summed E-state index contributed by atoms with van der Waals surface area (Å²) in [6.07, 6.45) is -1.07. The molecule has 21 heavy (non-hydrogen) atoms. The summed E-state index contributed by atoms with van der Waals surface area (Å²) in [7, 11) is 0. The maximum absolute atomic E-state index is 12.3. The van der Waals surface area contributed by atoms with Gasteiger partial charge in [-0.3, -0.25) is 9.69 Å². The fourth-order valence-electron chi connectivity index (χ4n) is 2.64. The van der Waals surface area contributed by atoms with Crippen LogP contribution in [-0.4, -0.2) is 45.0 Å². The lowest BCUT2D eigenvalue weighted by Crippen LogP contribution is -2.53. The molecule has 2 rings (SSSR count). The number of hydrogen-bond donors (Lipinski definition) is 2. The Morgan fingerprint density at radius 2 is 1.81 bits per heavy atom. The molecular weight excluding hydrogens is 342 g/mol. The van der Waals surface area contributed by atoms with Gasteiger partial charge in [-0.2, -0.15) is 0 Å². The normalized spacial score (nSPS) is 21.3. The van der Waals surface area contributed by atoms with E-state index in [1.807, 2.05) is 0 Å². The predicted octanol–water partition coefficient (Wildman–Crippen LogP) is 2.62. The van der Waals surface area contributed by atoms with Gasteiger partial charge in [0.15, 0.2) is 11.3 Å². The van der Waals surface area contributed by atoms with E-state index in [0.29, 0.717) is 12.0 Å². The molecule has 112 valence electrons. The van der Waals surface area contributed by atoms with E-state index in [2.05, 4.69) is 15.9 Å². The number of ketones is 1. The van der Waals surface area contributed by atoms with Crippen molar-refractivity contribution in [1.82, 2.24) is 4.90 Å². The van der Waals surface area contributed by atoms with Crippen LogP contribution in [0.2, 0.25) is 0 Å². The van der Waals surface area contributed by atoms with Crippen molar-refractivity contribution in [2.75, 3.05) is 6.54 Å². The molecule has 0 radical (unpaired) electrons. The summed E-state index contributed by atoms with van der Waals surface area (Å²) in [5.74, 6) is -1.65. The number of Topliss-reactive ketones (excluding diaryl/α,β-unsaturated/α-hetero) is 1. The Balaban J connectivity index is 2.28. The number of carboxylic acids is 1. The van der Waals surface area contributed by atoms with E-state index in [1.165, 1.54) is 0 Å². The van der Waals surface area contributed by atoms with Gasteiger partial charge in [-0.25, -0.2) is 9.59 Å². The molecule has 1 heterocycles. The fourth-order valence-corrected chi connectivity index (χ4v) is 2.91. The first-order chi connectivity index (χ1) is 9.86. The highest BCUT2D eigenvalue weighted by Gasteiger charge is 2.51. The number of hydrogen-bond acceptors (Lipinski definition) is 3. The van der Waals surface area contributed by atoms with Crippen molar-refractivity contribution in [1.29, 1.82) is 0 Å². The van der Waals surface area contributed by atoms with Crippen molar-refractivity contribution in [2.24, 2.45) is 0 Å². The van der Waals surface area contributed by atoms with Crippen LogP contribution in [0, 0.1) is 0 Å². The topological polar surface area (TPSA) is 94.9 Å². The first-order valence-corrected chi connectivity index (χ1v) is 7.19. The second-order valence-corrected chi connectivity index (χ2v) is 5.90. The molecule has 6 nitrogen and oxygen atoms in total. The zero-order chi connectivity index (χ0) is 15.6. The van der Waals surface area contributed by atoms with Crippen LogP contribution >= 0.6 is 15.9 Å². The van der Waals surface area contributed by atoms with Gasteiger partial charge in [0.2, 0.25) is 0 Å². The number of carbonyl (C=O) groups is 3. The third-order valence-electron chi connectivity index (χ3n) is 3.74. The summed E-state index contributed by atoms with van der Waals surface area (Å²) >= 11 is 3.25. The lowest BCUT2D eigenvalue weighted by atomic mass is 9.88. The second kappa shape index (κ2) is 5.85. The minimum Gasteiger partial charge on any atom is -0.479 e. The van der Waals surface area contributed by atoms with Gasteiger partial charge in [-0.1, -0.05) is 28.1 Å². The van der Waals surface area contributed by atoms with Crippen LogP contribution in [-0.2, 0) is 4.79 Å². The largest absolute Gasteiger partial charge is 0.479 e. The summed E-state index contributed by atoms with van der Waals surface area (Å²) in [4.78, 5) is 36.0. The molecule has 0 bridgehead atoms. The molecular formula is C14H14BrNO5. The van der Waals surface area contributed by atoms with Crippen molar-refractivity contribution in [3.63, 3.8) is 0 Å². The molecule has 0 saturated carbocycles. The van der Waals surface area contributed by atoms with E-state index in [1.54, 1.807) is 24.3 Å². The van der Waals surface area contributed by atoms with Crippen LogP contribution in [0.25, 0.3) is 0 Å². The van der Waals surface area contributed by atoms with E-state index in [-0.39, 0.29) is 25.2 Å². The Kier molecular flexibility index (Phi) is 4.32. The van der Waals surface area contributed by atoms with Gasteiger partial charge in [0, 0.05) is 23.0 Å². The summed E-state index contributed by atoms with van der Waals surface area (Å²) in [5.41, 5.74) is -1.29. The lowest BCUT2D eigenvalue weighted by Gasteiger charge is -2.32. The minimum absolute atomic E-state index is 0.134. The van der Waals surface area contributed by atoms with Crippen molar-refractivity contribution in [3.05, 3.63) is 34.3 Å². The number of rotatable bonds is 4. The SMILES string of the molecule is O=C(C[C@]1(C(=O)O)CCCN1C(=O)O)c1ccc(Br)cc1. The molecule has 2 N–H and O–H groups in total. The smallest absolute Gasteiger partial charge is 0.408 e. The molecule has 1 saturated heterocycles. The zero-order valence-corrected chi connectivity index (χ0v) is 12.7. The van der Waals surface area contributed by atoms with E-state index in [9.17, 15) is 19.5 Å². The van der Waals surface area contributed by atoms with Gasteiger partial charge in [-0.05, 0) is 25.0 Å². The Bertz CT molecular complexity index is 586. The molecule has 7 heteroatoms. The van der Waals surface area contributed by atoms with Crippen LogP contribution in [0.5, 0.6) is 0 Å². The first kappa shape index (κ1) is 15.5. The van der Waals surface area contributed by atoms with Crippen LogP contribution < -0.4 is 0 Å². The molecule has 1 aromatic carbocycles. The first-order valence-electron chi connectivity index (χ1n) is 6.39. The molecule has 1 amide bonds. The predicted molar refractivity (Wildman–Crippen MR) is 77.4 cm³/mol. The molecule has 1 aliphatic heterocycles. The molecule has 0 unspecified atom stereocenters. The summed E-state index contributed by atoms with van der Waals surface area (Å²) in [6.45, 7) is 0.134. The Labute approximate surface area is 129 Å². The molecule has 0 aromatic heterocycles. The van der Waals surface area contributed by atoms with Gasteiger partial charge in [0.05, 0.1) is 0 Å². The highest BCUT2D eigenvalue weighted by Crippen LogP contribution is 2.34. The van der Waals surface area contributed by atoms with Gasteiger partial charge in [-0.15, -0.1) is 0 Å². The minimum atomic E-state index is -1.66.